The number of rotatable bonds is 10. The van der Waals surface area contributed by atoms with E-state index in [-0.39, 0.29) is 18.7 Å². The number of amides is 4. The van der Waals surface area contributed by atoms with Crippen molar-refractivity contribution in [2.45, 2.75) is 26.5 Å². The Balaban J connectivity index is 1.51. The van der Waals surface area contributed by atoms with Gasteiger partial charge >= 0.3 is 6.03 Å². The standard InChI is InChI=1S/C29H26BrClN2O6/c1-3-12-38-25-11-9-19(15-26(25)37-2)16-33-28(35)21(27(34)32-29(33)36)13-18-8-10-24(22(30)14-18)39-17-20-6-4-5-7-23(20)31/h4-11,13-15H,3,12,16-17H2,1-2H3,(H,32,34,36)/b21-13+. The van der Waals surface area contributed by atoms with Crippen molar-refractivity contribution >= 4 is 51.5 Å². The van der Waals surface area contributed by atoms with E-state index in [0.717, 1.165) is 16.9 Å². The number of benzene rings is 3. The zero-order chi connectivity index (χ0) is 27.9. The molecule has 0 atom stereocenters. The van der Waals surface area contributed by atoms with E-state index in [1.54, 1.807) is 42.5 Å². The summed E-state index contributed by atoms with van der Waals surface area (Å²) in [7, 11) is 1.52. The van der Waals surface area contributed by atoms with Gasteiger partial charge in [-0.1, -0.05) is 48.9 Å². The van der Waals surface area contributed by atoms with Gasteiger partial charge in [0.1, 0.15) is 17.9 Å². The molecule has 39 heavy (non-hydrogen) atoms. The molecular weight excluding hydrogens is 588 g/mol. The third-order valence-electron chi connectivity index (χ3n) is 5.82. The molecule has 1 aliphatic rings. The van der Waals surface area contributed by atoms with Crippen molar-refractivity contribution in [1.29, 1.82) is 0 Å². The fraction of sp³-hybridized carbons (Fsp3) is 0.207. The van der Waals surface area contributed by atoms with Gasteiger partial charge in [-0.25, -0.2) is 4.79 Å². The van der Waals surface area contributed by atoms with Crippen LogP contribution < -0.4 is 19.5 Å². The van der Waals surface area contributed by atoms with Gasteiger partial charge in [-0.05, 0) is 69.9 Å². The molecule has 0 spiro atoms. The predicted octanol–water partition coefficient (Wildman–Crippen LogP) is 6.14. The third kappa shape index (κ3) is 6.79. The van der Waals surface area contributed by atoms with Crippen LogP contribution in [0.2, 0.25) is 5.02 Å². The summed E-state index contributed by atoms with van der Waals surface area (Å²) in [5.74, 6) is 0.146. The van der Waals surface area contributed by atoms with Crippen molar-refractivity contribution in [2.75, 3.05) is 13.7 Å². The second-order valence-electron chi connectivity index (χ2n) is 8.61. The molecule has 4 amide bonds. The fourth-order valence-electron chi connectivity index (χ4n) is 3.82. The number of imide groups is 2. The molecule has 10 heteroatoms. The van der Waals surface area contributed by atoms with Gasteiger partial charge in [0.15, 0.2) is 11.5 Å². The number of carbonyl (C=O) groups is 3. The van der Waals surface area contributed by atoms with Crippen molar-refractivity contribution in [2.24, 2.45) is 0 Å². The second kappa shape index (κ2) is 12.8. The van der Waals surface area contributed by atoms with Gasteiger partial charge in [-0.2, -0.15) is 0 Å². The minimum atomic E-state index is -0.795. The topological polar surface area (TPSA) is 94.2 Å². The number of methoxy groups -OCH3 is 1. The molecule has 8 nitrogen and oxygen atoms in total. The molecule has 0 bridgehead atoms. The monoisotopic (exact) mass is 612 g/mol. The van der Waals surface area contributed by atoms with Crippen molar-refractivity contribution in [3.05, 3.63) is 92.4 Å². The van der Waals surface area contributed by atoms with Crippen molar-refractivity contribution in [3.8, 4) is 17.2 Å². The molecule has 1 N–H and O–H groups in total. The average molecular weight is 614 g/mol. The van der Waals surface area contributed by atoms with Crippen LogP contribution in [0.1, 0.15) is 30.0 Å². The lowest BCUT2D eigenvalue weighted by atomic mass is 10.1. The highest BCUT2D eigenvalue weighted by Crippen LogP contribution is 2.31. The molecule has 202 valence electrons. The molecule has 1 heterocycles. The average Bonchev–Trinajstić information content (AvgIpc) is 2.92. The first-order valence-electron chi connectivity index (χ1n) is 12.1. The normalized spacial score (nSPS) is 14.4. The first-order valence-corrected chi connectivity index (χ1v) is 13.3. The predicted molar refractivity (Wildman–Crippen MR) is 151 cm³/mol. The van der Waals surface area contributed by atoms with Gasteiger partial charge in [0.2, 0.25) is 0 Å². The molecule has 3 aromatic rings. The van der Waals surface area contributed by atoms with E-state index in [2.05, 4.69) is 21.2 Å². The molecule has 1 saturated heterocycles. The van der Waals surface area contributed by atoms with Crippen molar-refractivity contribution in [1.82, 2.24) is 10.2 Å². The quantitative estimate of drug-likeness (QED) is 0.218. The summed E-state index contributed by atoms with van der Waals surface area (Å²) in [5, 5.41) is 2.85. The number of hydrogen-bond acceptors (Lipinski definition) is 6. The summed E-state index contributed by atoms with van der Waals surface area (Å²) in [6.07, 6.45) is 2.27. The van der Waals surface area contributed by atoms with Gasteiger partial charge in [0.05, 0.1) is 24.7 Å². The molecule has 1 aliphatic heterocycles. The number of ether oxygens (including phenoxy) is 3. The highest BCUT2D eigenvalue weighted by molar-refractivity contribution is 9.10. The molecule has 0 saturated carbocycles. The Labute approximate surface area is 239 Å². The molecule has 3 aromatic carbocycles. The van der Waals surface area contributed by atoms with E-state index in [1.807, 2.05) is 25.1 Å². The van der Waals surface area contributed by atoms with Gasteiger partial charge in [0.25, 0.3) is 11.8 Å². The highest BCUT2D eigenvalue weighted by Gasteiger charge is 2.35. The molecule has 0 aromatic heterocycles. The Hall–Kier alpha value is -3.82. The lowest BCUT2D eigenvalue weighted by Crippen LogP contribution is -2.53. The maximum absolute atomic E-state index is 13.2. The van der Waals surface area contributed by atoms with E-state index in [0.29, 0.717) is 44.5 Å². The first-order chi connectivity index (χ1) is 18.8. The molecule has 0 aliphatic carbocycles. The number of nitrogens with zero attached hydrogens (tertiary/aromatic N) is 1. The molecule has 0 unspecified atom stereocenters. The highest BCUT2D eigenvalue weighted by atomic mass is 79.9. The maximum atomic E-state index is 13.2. The minimum absolute atomic E-state index is 0.0573. The summed E-state index contributed by atoms with van der Waals surface area (Å²) >= 11 is 9.67. The summed E-state index contributed by atoms with van der Waals surface area (Å²) in [5.41, 5.74) is 1.88. The first kappa shape index (κ1) is 28.2. The molecule has 1 fully saturated rings. The van der Waals surface area contributed by atoms with Gasteiger partial charge < -0.3 is 14.2 Å². The summed E-state index contributed by atoms with van der Waals surface area (Å²) in [6, 6.07) is 16.9. The van der Waals surface area contributed by atoms with Crippen LogP contribution in [0.5, 0.6) is 17.2 Å². The van der Waals surface area contributed by atoms with Crippen LogP contribution in [-0.4, -0.2) is 36.5 Å². The van der Waals surface area contributed by atoms with E-state index in [1.165, 1.54) is 13.2 Å². The summed E-state index contributed by atoms with van der Waals surface area (Å²) in [4.78, 5) is 39.3. The number of nitrogens with one attached hydrogen (secondary N) is 1. The SMILES string of the molecule is CCCOc1ccc(CN2C(=O)NC(=O)/C(=C\c3ccc(OCc4ccccc4Cl)c(Br)c3)C2=O)cc1OC. The zero-order valence-corrected chi connectivity index (χ0v) is 23.7. The van der Waals surface area contributed by atoms with E-state index < -0.39 is 17.8 Å². The largest absolute Gasteiger partial charge is 0.493 e. The van der Waals surface area contributed by atoms with Crippen molar-refractivity contribution < 1.29 is 28.6 Å². The third-order valence-corrected chi connectivity index (χ3v) is 6.81. The van der Waals surface area contributed by atoms with Crippen LogP contribution in [0.3, 0.4) is 0 Å². The van der Waals surface area contributed by atoms with Crippen LogP contribution in [0, 0.1) is 0 Å². The van der Waals surface area contributed by atoms with Crippen LogP contribution in [-0.2, 0) is 22.7 Å². The van der Waals surface area contributed by atoms with Gasteiger partial charge in [-0.3, -0.25) is 19.8 Å². The number of carbonyl (C=O) groups excluding carboxylic acids is 3. The van der Waals surface area contributed by atoms with Crippen LogP contribution in [0.15, 0.2) is 70.7 Å². The van der Waals surface area contributed by atoms with Crippen LogP contribution >= 0.6 is 27.5 Å². The lowest BCUT2D eigenvalue weighted by Gasteiger charge is -2.26. The van der Waals surface area contributed by atoms with Crippen molar-refractivity contribution in [3.63, 3.8) is 0 Å². The van der Waals surface area contributed by atoms with Gasteiger partial charge in [0, 0.05) is 10.6 Å². The Bertz CT molecular complexity index is 1440. The maximum Gasteiger partial charge on any atom is 0.331 e. The van der Waals surface area contributed by atoms with Crippen LogP contribution in [0.25, 0.3) is 6.08 Å². The zero-order valence-electron chi connectivity index (χ0n) is 21.3. The summed E-state index contributed by atoms with van der Waals surface area (Å²) in [6.45, 7) is 2.74. The number of halogens is 2. The Kier molecular flexibility index (Phi) is 9.27. The molecule has 0 radical (unpaired) electrons. The Morgan fingerprint density at radius 3 is 2.46 bits per heavy atom. The smallest absolute Gasteiger partial charge is 0.331 e. The molecular formula is C29H26BrClN2O6. The minimum Gasteiger partial charge on any atom is -0.493 e. The van der Waals surface area contributed by atoms with E-state index >= 15 is 0 Å². The van der Waals surface area contributed by atoms with Crippen LogP contribution in [0.4, 0.5) is 4.79 Å². The second-order valence-corrected chi connectivity index (χ2v) is 9.87. The number of hydrogen-bond donors (Lipinski definition) is 1. The Morgan fingerprint density at radius 2 is 1.74 bits per heavy atom. The van der Waals surface area contributed by atoms with E-state index in [4.69, 9.17) is 25.8 Å². The number of urea groups is 1. The van der Waals surface area contributed by atoms with E-state index in [9.17, 15) is 14.4 Å². The number of barbiturate groups is 1. The fourth-order valence-corrected chi connectivity index (χ4v) is 4.52. The van der Waals surface area contributed by atoms with Gasteiger partial charge in [-0.15, -0.1) is 0 Å². The summed E-state index contributed by atoms with van der Waals surface area (Å²) < 4.78 is 17.6. The molecule has 4 rings (SSSR count). The lowest BCUT2D eigenvalue weighted by molar-refractivity contribution is -0.130. The Morgan fingerprint density at radius 1 is 0.974 bits per heavy atom.